The Morgan fingerprint density at radius 1 is 1.08 bits per heavy atom. The quantitative estimate of drug-likeness (QED) is 0.671. The molecule has 0 atom stereocenters. The van der Waals surface area contributed by atoms with Gasteiger partial charge < -0.3 is 4.74 Å². The van der Waals surface area contributed by atoms with Crippen LogP contribution in [0.15, 0.2) is 58.8 Å². The first-order chi connectivity index (χ1) is 12.5. The number of hydrogen-bond donors (Lipinski definition) is 1. The molecule has 1 aromatic heterocycles. The largest absolute Gasteiger partial charge is 0.497 e. The van der Waals surface area contributed by atoms with Gasteiger partial charge in [-0.3, -0.25) is 0 Å². The Labute approximate surface area is 157 Å². The summed E-state index contributed by atoms with van der Waals surface area (Å²) in [5, 5.41) is 2.86. The Kier molecular flexibility index (Phi) is 5.70. The number of aryl methyl sites for hydroxylation is 1. The maximum atomic E-state index is 12.3. The van der Waals surface area contributed by atoms with Crippen LogP contribution in [-0.2, 0) is 16.4 Å². The van der Waals surface area contributed by atoms with Crippen molar-refractivity contribution in [2.75, 3.05) is 13.7 Å². The molecule has 0 saturated carbocycles. The maximum absolute atomic E-state index is 12.3. The molecule has 0 aliphatic heterocycles. The van der Waals surface area contributed by atoms with E-state index in [2.05, 4.69) is 9.71 Å². The lowest BCUT2D eigenvalue weighted by atomic mass is 10.2. The lowest BCUT2D eigenvalue weighted by molar-refractivity contribution is 0.415. The van der Waals surface area contributed by atoms with Crippen LogP contribution in [-0.4, -0.2) is 27.1 Å². The number of ether oxygens (including phenoxy) is 1. The Morgan fingerprint density at radius 2 is 1.77 bits per heavy atom. The first-order valence-corrected chi connectivity index (χ1v) is 10.5. The van der Waals surface area contributed by atoms with Gasteiger partial charge in [0.2, 0.25) is 10.0 Å². The smallest absolute Gasteiger partial charge is 0.240 e. The van der Waals surface area contributed by atoms with Crippen molar-refractivity contribution in [1.29, 1.82) is 0 Å². The van der Waals surface area contributed by atoms with Crippen molar-refractivity contribution < 1.29 is 13.2 Å². The van der Waals surface area contributed by atoms with E-state index in [9.17, 15) is 8.42 Å². The molecule has 3 aromatic rings. The summed E-state index contributed by atoms with van der Waals surface area (Å²) in [4.78, 5) is 4.86. The van der Waals surface area contributed by atoms with Crippen molar-refractivity contribution in [3.63, 3.8) is 0 Å². The Hall–Kier alpha value is -2.22. The topological polar surface area (TPSA) is 68.3 Å². The monoisotopic (exact) mass is 388 g/mol. The number of sulfonamides is 1. The van der Waals surface area contributed by atoms with Crippen LogP contribution in [0.4, 0.5) is 0 Å². The Balaban J connectivity index is 1.60. The molecule has 136 valence electrons. The van der Waals surface area contributed by atoms with Gasteiger partial charge in [-0.15, -0.1) is 11.3 Å². The molecule has 3 rings (SSSR count). The number of nitrogens with one attached hydrogen (secondary N) is 1. The molecular formula is C19H20N2O3S2. The maximum Gasteiger partial charge on any atom is 0.240 e. The van der Waals surface area contributed by atoms with E-state index in [1.54, 1.807) is 42.7 Å². The third-order valence-electron chi connectivity index (χ3n) is 3.89. The molecule has 0 spiro atoms. The van der Waals surface area contributed by atoms with Gasteiger partial charge in [0.15, 0.2) is 0 Å². The lowest BCUT2D eigenvalue weighted by Gasteiger charge is -2.06. The number of rotatable bonds is 7. The zero-order valence-corrected chi connectivity index (χ0v) is 16.2. The van der Waals surface area contributed by atoms with Gasteiger partial charge in [-0.1, -0.05) is 17.7 Å². The molecule has 0 bridgehead atoms. The van der Waals surface area contributed by atoms with E-state index in [0.717, 1.165) is 27.6 Å². The summed E-state index contributed by atoms with van der Waals surface area (Å²) in [7, 11) is -1.86. The minimum absolute atomic E-state index is 0.278. The summed E-state index contributed by atoms with van der Waals surface area (Å²) in [6.07, 6.45) is 0.539. The molecule has 26 heavy (non-hydrogen) atoms. The van der Waals surface area contributed by atoms with Crippen LogP contribution in [0.2, 0.25) is 0 Å². The second kappa shape index (κ2) is 7.99. The summed E-state index contributed by atoms with van der Waals surface area (Å²) >= 11 is 1.54. The minimum atomic E-state index is -3.49. The van der Waals surface area contributed by atoms with E-state index in [4.69, 9.17) is 4.74 Å². The van der Waals surface area contributed by atoms with Crippen LogP contribution in [0.3, 0.4) is 0 Å². The van der Waals surface area contributed by atoms with Crippen LogP contribution in [0.1, 0.15) is 11.3 Å². The highest BCUT2D eigenvalue weighted by molar-refractivity contribution is 7.89. The first-order valence-electron chi connectivity index (χ1n) is 8.13. The van der Waals surface area contributed by atoms with Crippen LogP contribution in [0.5, 0.6) is 5.75 Å². The molecule has 0 aliphatic rings. The number of aromatic nitrogens is 1. The molecule has 7 heteroatoms. The zero-order valence-electron chi connectivity index (χ0n) is 14.6. The molecule has 1 N–H and O–H groups in total. The molecule has 0 unspecified atom stereocenters. The van der Waals surface area contributed by atoms with Crippen molar-refractivity contribution in [3.05, 3.63) is 65.2 Å². The van der Waals surface area contributed by atoms with Gasteiger partial charge >= 0.3 is 0 Å². The van der Waals surface area contributed by atoms with E-state index in [-0.39, 0.29) is 4.90 Å². The molecule has 0 aliphatic carbocycles. The second-order valence-electron chi connectivity index (χ2n) is 5.83. The second-order valence-corrected chi connectivity index (χ2v) is 8.46. The zero-order chi connectivity index (χ0) is 18.6. The van der Waals surface area contributed by atoms with Crippen LogP contribution < -0.4 is 9.46 Å². The van der Waals surface area contributed by atoms with E-state index in [1.165, 1.54) is 0 Å². The third kappa shape index (κ3) is 4.49. The van der Waals surface area contributed by atoms with E-state index >= 15 is 0 Å². The van der Waals surface area contributed by atoms with Gasteiger partial charge in [0.1, 0.15) is 10.8 Å². The van der Waals surface area contributed by atoms with Gasteiger partial charge in [0.25, 0.3) is 0 Å². The van der Waals surface area contributed by atoms with Gasteiger partial charge in [-0.05, 0) is 43.3 Å². The normalized spacial score (nSPS) is 11.5. The first kappa shape index (κ1) is 18.6. The summed E-state index contributed by atoms with van der Waals surface area (Å²) in [6, 6.07) is 14.5. The van der Waals surface area contributed by atoms with Gasteiger partial charge in [-0.2, -0.15) is 0 Å². The SMILES string of the molecule is COc1ccc(-c2nc(CCNS(=O)(=O)c3ccc(C)cc3)cs2)cc1. The molecule has 0 fully saturated rings. The minimum Gasteiger partial charge on any atom is -0.497 e. The summed E-state index contributed by atoms with van der Waals surface area (Å²) in [5.41, 5.74) is 2.91. The molecular weight excluding hydrogens is 368 g/mol. The number of hydrogen-bond acceptors (Lipinski definition) is 5. The predicted octanol–water partition coefficient (Wildman–Crippen LogP) is 3.65. The van der Waals surface area contributed by atoms with E-state index < -0.39 is 10.0 Å². The van der Waals surface area contributed by atoms with Crippen molar-refractivity contribution in [3.8, 4) is 16.3 Å². The van der Waals surface area contributed by atoms with Gasteiger partial charge in [0.05, 0.1) is 17.7 Å². The molecule has 2 aromatic carbocycles. The molecule has 0 saturated heterocycles. The molecule has 0 amide bonds. The summed E-state index contributed by atoms with van der Waals surface area (Å²) < 4.78 is 32.3. The number of thiazole rings is 1. The highest BCUT2D eigenvalue weighted by Crippen LogP contribution is 2.25. The average Bonchev–Trinajstić information content (AvgIpc) is 3.11. The predicted molar refractivity (Wildman–Crippen MR) is 104 cm³/mol. The highest BCUT2D eigenvalue weighted by Gasteiger charge is 2.13. The summed E-state index contributed by atoms with van der Waals surface area (Å²) in [5.74, 6) is 0.802. The van der Waals surface area contributed by atoms with Crippen molar-refractivity contribution >= 4 is 21.4 Å². The van der Waals surface area contributed by atoms with Crippen molar-refractivity contribution in [1.82, 2.24) is 9.71 Å². The fourth-order valence-corrected chi connectivity index (χ4v) is 4.29. The average molecular weight is 389 g/mol. The van der Waals surface area contributed by atoms with Crippen LogP contribution >= 0.6 is 11.3 Å². The highest BCUT2D eigenvalue weighted by atomic mass is 32.2. The fourth-order valence-electron chi connectivity index (χ4n) is 2.40. The number of nitrogens with zero attached hydrogens (tertiary/aromatic N) is 1. The summed E-state index contributed by atoms with van der Waals surface area (Å²) in [6.45, 7) is 2.23. The molecule has 5 nitrogen and oxygen atoms in total. The van der Waals surface area contributed by atoms with Gasteiger partial charge in [-0.25, -0.2) is 18.1 Å². The van der Waals surface area contributed by atoms with Gasteiger partial charge in [0, 0.05) is 23.9 Å². The van der Waals surface area contributed by atoms with E-state index in [0.29, 0.717) is 13.0 Å². The Bertz CT molecular complexity index is 963. The standard InChI is InChI=1S/C19H20N2O3S2/c1-14-3-9-18(10-4-14)26(22,23)20-12-11-16-13-25-19(21-16)15-5-7-17(24-2)8-6-15/h3-10,13,20H,11-12H2,1-2H3. The molecule has 0 radical (unpaired) electrons. The molecule has 1 heterocycles. The van der Waals surface area contributed by atoms with E-state index in [1.807, 2.05) is 36.6 Å². The number of benzene rings is 2. The van der Waals surface area contributed by atoms with Crippen LogP contribution in [0, 0.1) is 6.92 Å². The van der Waals surface area contributed by atoms with Crippen molar-refractivity contribution in [2.45, 2.75) is 18.2 Å². The number of methoxy groups -OCH3 is 1. The van der Waals surface area contributed by atoms with Crippen LogP contribution in [0.25, 0.3) is 10.6 Å². The lowest BCUT2D eigenvalue weighted by Crippen LogP contribution is -2.26. The Morgan fingerprint density at radius 3 is 2.42 bits per heavy atom. The van der Waals surface area contributed by atoms with Crippen molar-refractivity contribution in [2.24, 2.45) is 0 Å². The fraction of sp³-hybridized carbons (Fsp3) is 0.211. The third-order valence-corrected chi connectivity index (χ3v) is 6.31.